The van der Waals surface area contributed by atoms with Gasteiger partial charge in [-0.2, -0.15) is 0 Å². The van der Waals surface area contributed by atoms with Crippen molar-refractivity contribution in [2.75, 3.05) is 5.32 Å². The van der Waals surface area contributed by atoms with Crippen LogP contribution in [-0.2, 0) is 22.6 Å². The zero-order valence-corrected chi connectivity index (χ0v) is 18.4. The number of nitrogens with one attached hydrogen (secondary N) is 1. The lowest BCUT2D eigenvalue weighted by molar-refractivity contribution is -0.115. The number of nitrogens with zero attached hydrogens (tertiary/aromatic N) is 1. The van der Waals surface area contributed by atoms with Crippen LogP contribution in [0, 0.1) is 6.92 Å². The second-order valence-electron chi connectivity index (χ2n) is 7.26. The average Bonchev–Trinajstić information content (AvgIpc) is 3.26. The van der Waals surface area contributed by atoms with Crippen LogP contribution in [0.4, 0.5) is 5.69 Å². The number of para-hydroxylation sites is 1. The highest BCUT2D eigenvalue weighted by Crippen LogP contribution is 2.24. The molecule has 0 saturated heterocycles. The van der Waals surface area contributed by atoms with E-state index in [0.29, 0.717) is 16.3 Å². The smallest absolute Gasteiger partial charge is 0.339 e. The van der Waals surface area contributed by atoms with Gasteiger partial charge in [0.25, 0.3) is 0 Å². The number of hydrogen-bond acceptors (Lipinski definition) is 5. The topological polar surface area (TPSA) is 68.3 Å². The van der Waals surface area contributed by atoms with Crippen molar-refractivity contribution >= 4 is 28.9 Å². The summed E-state index contributed by atoms with van der Waals surface area (Å²) in [7, 11) is 0. The molecule has 0 radical (unpaired) electrons. The summed E-state index contributed by atoms with van der Waals surface area (Å²) < 4.78 is 5.51. The first-order chi connectivity index (χ1) is 15.6. The van der Waals surface area contributed by atoms with E-state index in [2.05, 4.69) is 10.3 Å². The second-order valence-corrected chi connectivity index (χ2v) is 8.20. The molecule has 4 rings (SSSR count). The van der Waals surface area contributed by atoms with Gasteiger partial charge in [-0.05, 0) is 35.7 Å². The van der Waals surface area contributed by atoms with Crippen LogP contribution < -0.4 is 5.32 Å². The number of rotatable bonds is 7. The Kier molecular flexibility index (Phi) is 6.72. The molecule has 32 heavy (non-hydrogen) atoms. The van der Waals surface area contributed by atoms with Gasteiger partial charge in [-0.15, -0.1) is 11.3 Å². The molecular formula is C26H22N2O3S. The van der Waals surface area contributed by atoms with Crippen molar-refractivity contribution in [2.24, 2.45) is 0 Å². The third-order valence-electron chi connectivity index (χ3n) is 4.91. The van der Waals surface area contributed by atoms with Crippen molar-refractivity contribution in [3.8, 4) is 11.1 Å². The maximum absolute atomic E-state index is 12.7. The van der Waals surface area contributed by atoms with Crippen LogP contribution in [0.2, 0.25) is 0 Å². The Labute approximate surface area is 190 Å². The lowest BCUT2D eigenvalue weighted by Gasteiger charge is -2.09. The van der Waals surface area contributed by atoms with Crippen LogP contribution in [0.15, 0.2) is 84.2 Å². The fourth-order valence-electron chi connectivity index (χ4n) is 3.29. The molecule has 5 nitrogen and oxygen atoms in total. The average molecular weight is 443 g/mol. The highest BCUT2D eigenvalue weighted by molar-refractivity contribution is 7.09. The first-order valence-electron chi connectivity index (χ1n) is 10.2. The Hall–Kier alpha value is -3.77. The van der Waals surface area contributed by atoms with Gasteiger partial charge in [0.1, 0.15) is 11.6 Å². The fraction of sp³-hybridized carbons (Fsp3) is 0.115. The van der Waals surface area contributed by atoms with E-state index >= 15 is 0 Å². The predicted octanol–water partition coefficient (Wildman–Crippen LogP) is 5.66. The standard InChI is InChI=1S/C26H22N2O3S/c1-18-9-5-8-14-23(18)28-24(29)15-25-27-20(17-32-25)16-31-26(30)22-13-7-6-12-21(22)19-10-3-2-4-11-19/h2-14,17H,15-16H2,1H3,(H,28,29). The van der Waals surface area contributed by atoms with Crippen molar-refractivity contribution in [3.63, 3.8) is 0 Å². The minimum Gasteiger partial charge on any atom is -0.456 e. The summed E-state index contributed by atoms with van der Waals surface area (Å²) >= 11 is 1.38. The molecule has 6 heteroatoms. The second kappa shape index (κ2) is 10.0. The molecule has 0 aliphatic heterocycles. The summed E-state index contributed by atoms with van der Waals surface area (Å²) in [6.45, 7) is 2.00. The predicted molar refractivity (Wildman–Crippen MR) is 127 cm³/mol. The summed E-state index contributed by atoms with van der Waals surface area (Å²) in [5.74, 6) is -0.537. The molecule has 4 aromatic rings. The molecule has 1 N–H and O–H groups in total. The van der Waals surface area contributed by atoms with E-state index in [1.807, 2.05) is 85.1 Å². The lowest BCUT2D eigenvalue weighted by Crippen LogP contribution is -2.15. The third kappa shape index (κ3) is 5.28. The first-order valence-corrected chi connectivity index (χ1v) is 11.1. The van der Waals surface area contributed by atoms with Gasteiger partial charge < -0.3 is 10.1 Å². The van der Waals surface area contributed by atoms with E-state index in [-0.39, 0.29) is 18.9 Å². The van der Waals surface area contributed by atoms with Crippen LogP contribution in [-0.4, -0.2) is 16.9 Å². The van der Waals surface area contributed by atoms with Gasteiger partial charge in [0, 0.05) is 11.1 Å². The number of carbonyl (C=O) groups excluding carboxylic acids is 2. The molecule has 0 spiro atoms. The number of ether oxygens (including phenoxy) is 1. The SMILES string of the molecule is Cc1ccccc1NC(=O)Cc1nc(COC(=O)c2ccccc2-c2ccccc2)cs1. The molecule has 160 valence electrons. The summed E-state index contributed by atoms with van der Waals surface area (Å²) in [4.78, 5) is 29.5. The maximum Gasteiger partial charge on any atom is 0.339 e. The Morgan fingerprint density at radius 3 is 2.47 bits per heavy atom. The third-order valence-corrected chi connectivity index (χ3v) is 5.81. The zero-order chi connectivity index (χ0) is 22.3. The minimum absolute atomic E-state index is 0.0534. The number of amides is 1. The normalized spacial score (nSPS) is 10.5. The van der Waals surface area contributed by atoms with Crippen LogP contribution in [0.1, 0.15) is 26.6 Å². The molecule has 1 aromatic heterocycles. The molecule has 0 fully saturated rings. The number of carbonyl (C=O) groups is 2. The summed E-state index contributed by atoms with van der Waals surface area (Å²) in [6.07, 6.45) is 0.170. The van der Waals surface area contributed by atoms with Gasteiger partial charge in [-0.1, -0.05) is 66.7 Å². The van der Waals surface area contributed by atoms with Gasteiger partial charge in [0.05, 0.1) is 17.7 Å². The van der Waals surface area contributed by atoms with Crippen LogP contribution in [0.25, 0.3) is 11.1 Å². The molecular weight excluding hydrogens is 420 g/mol. The lowest BCUT2D eigenvalue weighted by atomic mass is 10.00. The zero-order valence-electron chi connectivity index (χ0n) is 17.6. The van der Waals surface area contributed by atoms with Crippen molar-refractivity contribution < 1.29 is 14.3 Å². The highest BCUT2D eigenvalue weighted by atomic mass is 32.1. The van der Waals surface area contributed by atoms with E-state index in [0.717, 1.165) is 22.4 Å². The number of hydrogen-bond donors (Lipinski definition) is 1. The van der Waals surface area contributed by atoms with Crippen molar-refractivity contribution in [3.05, 3.63) is 106 Å². The number of esters is 1. The highest BCUT2D eigenvalue weighted by Gasteiger charge is 2.15. The molecule has 0 atom stereocenters. The molecule has 0 unspecified atom stereocenters. The molecule has 0 aliphatic carbocycles. The van der Waals surface area contributed by atoms with Crippen molar-refractivity contribution in [2.45, 2.75) is 20.0 Å². The molecule has 0 saturated carbocycles. The summed E-state index contributed by atoms with van der Waals surface area (Å²) in [5, 5.41) is 5.39. The number of benzene rings is 3. The molecule has 3 aromatic carbocycles. The van der Waals surface area contributed by atoms with Crippen LogP contribution in [0.5, 0.6) is 0 Å². The number of thiazole rings is 1. The minimum atomic E-state index is -0.406. The van der Waals surface area contributed by atoms with E-state index in [9.17, 15) is 9.59 Å². The first kappa shape index (κ1) is 21.5. The van der Waals surface area contributed by atoms with Gasteiger partial charge in [-0.25, -0.2) is 9.78 Å². The number of aryl methyl sites for hydroxylation is 1. The summed E-state index contributed by atoms with van der Waals surface area (Å²) in [5.41, 5.74) is 4.70. The molecule has 1 heterocycles. The fourth-order valence-corrected chi connectivity index (χ4v) is 4.07. The summed E-state index contributed by atoms with van der Waals surface area (Å²) in [6, 6.07) is 24.7. The van der Waals surface area contributed by atoms with Crippen LogP contribution >= 0.6 is 11.3 Å². The molecule has 0 aliphatic rings. The van der Waals surface area contributed by atoms with Crippen molar-refractivity contribution in [1.82, 2.24) is 4.98 Å². The Balaban J connectivity index is 1.36. The van der Waals surface area contributed by atoms with Gasteiger partial charge in [0.15, 0.2) is 0 Å². The van der Waals surface area contributed by atoms with Gasteiger partial charge in [-0.3, -0.25) is 4.79 Å². The van der Waals surface area contributed by atoms with Gasteiger partial charge >= 0.3 is 5.97 Å². The van der Waals surface area contributed by atoms with Gasteiger partial charge in [0.2, 0.25) is 5.91 Å². The van der Waals surface area contributed by atoms with E-state index in [4.69, 9.17) is 4.74 Å². The number of anilines is 1. The molecule has 1 amide bonds. The Bertz CT molecular complexity index is 1230. The van der Waals surface area contributed by atoms with E-state index in [1.54, 1.807) is 6.07 Å². The van der Waals surface area contributed by atoms with E-state index < -0.39 is 5.97 Å². The van der Waals surface area contributed by atoms with E-state index in [1.165, 1.54) is 11.3 Å². The quantitative estimate of drug-likeness (QED) is 0.375. The van der Waals surface area contributed by atoms with Crippen molar-refractivity contribution in [1.29, 1.82) is 0 Å². The maximum atomic E-state index is 12.7. The van der Waals surface area contributed by atoms with Crippen LogP contribution in [0.3, 0.4) is 0 Å². The Morgan fingerprint density at radius 1 is 0.938 bits per heavy atom. The largest absolute Gasteiger partial charge is 0.456 e. The molecule has 0 bridgehead atoms. The Morgan fingerprint density at radius 2 is 1.66 bits per heavy atom. The monoisotopic (exact) mass is 442 g/mol. The number of aromatic nitrogens is 1.